The predicted molar refractivity (Wildman–Crippen MR) is 149 cm³/mol. The summed E-state index contributed by atoms with van der Waals surface area (Å²) < 4.78 is 6.32. The zero-order valence-corrected chi connectivity index (χ0v) is 23.6. The first kappa shape index (κ1) is 25.3. The van der Waals surface area contributed by atoms with E-state index in [9.17, 15) is 9.90 Å². The number of esters is 1. The molecule has 3 saturated carbocycles. The van der Waals surface area contributed by atoms with E-state index < -0.39 is 0 Å². The molecule has 11 atom stereocenters. The molecule has 5 fully saturated rings. The summed E-state index contributed by atoms with van der Waals surface area (Å²) in [6.45, 7) is 9.33. The van der Waals surface area contributed by atoms with E-state index in [4.69, 9.17) is 4.74 Å². The van der Waals surface area contributed by atoms with Gasteiger partial charge in [-0.3, -0.25) is 4.90 Å². The lowest BCUT2D eigenvalue weighted by molar-refractivity contribution is -0.0929. The Morgan fingerprint density at radius 1 is 1.05 bits per heavy atom. The van der Waals surface area contributed by atoms with Gasteiger partial charge in [-0.15, -0.1) is 0 Å². The quantitative estimate of drug-likeness (QED) is 0.368. The smallest absolute Gasteiger partial charge is 0.338 e. The SMILES string of the molecule is C[C@H]1CC[C@H]2[C@H](C)[C@H]3[C@H](C[C@H]4[C@@H]5CC=C6C[C@@H](O)CC[C@]6(C)[C@H]5CC[C@]34COC(=O)c3ccccc3)N2C1. The molecule has 1 aromatic rings. The minimum Gasteiger partial charge on any atom is -0.461 e. The van der Waals surface area contributed by atoms with E-state index in [1.165, 1.54) is 44.2 Å². The van der Waals surface area contributed by atoms with Crippen LogP contribution in [0.3, 0.4) is 0 Å². The number of piperidine rings is 1. The van der Waals surface area contributed by atoms with Crippen molar-refractivity contribution in [2.45, 2.75) is 96.7 Å². The number of ether oxygens (including phenoxy) is 1. The van der Waals surface area contributed by atoms with Crippen LogP contribution in [0.5, 0.6) is 0 Å². The van der Waals surface area contributed by atoms with Crippen molar-refractivity contribution in [2.24, 2.45) is 46.3 Å². The molecule has 0 aromatic heterocycles. The maximum absolute atomic E-state index is 13.2. The van der Waals surface area contributed by atoms with Crippen LogP contribution in [-0.4, -0.2) is 47.3 Å². The number of nitrogens with zero attached hydrogens (tertiary/aromatic N) is 1. The summed E-state index contributed by atoms with van der Waals surface area (Å²) in [5.41, 5.74) is 2.54. The number of carbonyl (C=O) groups excluding carboxylic acids is 1. The summed E-state index contributed by atoms with van der Waals surface area (Å²) in [6, 6.07) is 10.9. The molecule has 0 spiro atoms. The highest BCUT2D eigenvalue weighted by atomic mass is 16.5. The van der Waals surface area contributed by atoms with E-state index in [0.717, 1.165) is 31.6 Å². The molecule has 4 nitrogen and oxygen atoms in total. The Kier molecular flexibility index (Phi) is 6.13. The average Bonchev–Trinajstić information content (AvgIpc) is 3.41. The molecule has 0 radical (unpaired) electrons. The second-order valence-electron chi connectivity index (χ2n) is 14.5. The minimum absolute atomic E-state index is 0.0894. The van der Waals surface area contributed by atoms with Crippen molar-refractivity contribution in [1.29, 1.82) is 0 Å². The number of aliphatic hydroxyl groups excluding tert-OH is 1. The zero-order valence-electron chi connectivity index (χ0n) is 23.6. The van der Waals surface area contributed by atoms with Crippen LogP contribution in [0.25, 0.3) is 0 Å². The fourth-order valence-corrected chi connectivity index (χ4v) is 11.2. The Hall–Kier alpha value is -1.65. The van der Waals surface area contributed by atoms with Crippen molar-refractivity contribution in [3.63, 3.8) is 0 Å². The molecule has 6 aliphatic rings. The normalized spacial score (nSPS) is 47.7. The maximum Gasteiger partial charge on any atom is 0.338 e. The Labute approximate surface area is 229 Å². The Bertz CT molecular complexity index is 1100. The van der Waals surface area contributed by atoms with E-state index in [1.807, 2.05) is 30.3 Å². The molecule has 0 bridgehead atoms. The van der Waals surface area contributed by atoms with Crippen molar-refractivity contribution < 1.29 is 14.6 Å². The molecule has 2 aliphatic heterocycles. The van der Waals surface area contributed by atoms with Crippen LogP contribution >= 0.6 is 0 Å². The summed E-state index contributed by atoms with van der Waals surface area (Å²) in [6.07, 6.45) is 12.9. The van der Waals surface area contributed by atoms with Crippen LogP contribution < -0.4 is 0 Å². The molecule has 2 saturated heterocycles. The van der Waals surface area contributed by atoms with Gasteiger partial charge in [0.05, 0.1) is 18.3 Å². The highest BCUT2D eigenvalue weighted by molar-refractivity contribution is 5.89. The third kappa shape index (κ3) is 3.65. The van der Waals surface area contributed by atoms with E-state index in [0.29, 0.717) is 53.8 Å². The van der Waals surface area contributed by atoms with Gasteiger partial charge in [-0.1, -0.05) is 50.6 Å². The Morgan fingerprint density at radius 3 is 2.68 bits per heavy atom. The second-order valence-corrected chi connectivity index (χ2v) is 14.5. The fourth-order valence-electron chi connectivity index (χ4n) is 11.2. The summed E-state index contributed by atoms with van der Waals surface area (Å²) in [5, 5.41) is 10.4. The molecule has 7 rings (SSSR count). The molecule has 1 N–H and O–H groups in total. The highest BCUT2D eigenvalue weighted by Crippen LogP contribution is 2.70. The topological polar surface area (TPSA) is 49.8 Å². The molecule has 206 valence electrons. The molecule has 0 unspecified atom stereocenters. The van der Waals surface area contributed by atoms with Crippen LogP contribution in [0, 0.1) is 46.3 Å². The predicted octanol–water partition coefficient (Wildman–Crippen LogP) is 6.49. The minimum atomic E-state index is -0.157. The standard InChI is InChI=1S/C34H47NO3/c1-21-9-12-29-22(2)31-30(35(29)19-21)18-28-26-11-10-24-17-25(36)13-15-33(24,3)27(26)14-16-34(28,31)20-38-32(37)23-7-5-4-6-8-23/h4-8,10,21-22,25-31,36H,9,11-20H2,1-3H3/t21-,22-,25-,26+,27-,28-,29-,30-,31-,33-,34+/m0/s1. The number of benzene rings is 1. The summed E-state index contributed by atoms with van der Waals surface area (Å²) in [4.78, 5) is 16.2. The van der Waals surface area contributed by atoms with Crippen molar-refractivity contribution in [2.75, 3.05) is 13.2 Å². The van der Waals surface area contributed by atoms with Gasteiger partial charge < -0.3 is 9.84 Å². The summed E-state index contributed by atoms with van der Waals surface area (Å²) in [5.74, 6) is 3.90. The zero-order chi connectivity index (χ0) is 26.2. The molecule has 1 aromatic carbocycles. The molecule has 4 aliphatic carbocycles. The van der Waals surface area contributed by atoms with Gasteiger partial charge >= 0.3 is 5.97 Å². The van der Waals surface area contributed by atoms with E-state index >= 15 is 0 Å². The third-order valence-corrected chi connectivity index (χ3v) is 12.9. The number of rotatable bonds is 3. The van der Waals surface area contributed by atoms with E-state index in [-0.39, 0.29) is 22.9 Å². The van der Waals surface area contributed by atoms with Gasteiger partial charge in [0, 0.05) is 24.0 Å². The van der Waals surface area contributed by atoms with Gasteiger partial charge in [0.15, 0.2) is 0 Å². The first-order valence-electron chi connectivity index (χ1n) is 15.7. The lowest BCUT2D eigenvalue weighted by Crippen LogP contribution is -2.53. The molecule has 4 heteroatoms. The van der Waals surface area contributed by atoms with Crippen LogP contribution in [0.2, 0.25) is 0 Å². The third-order valence-electron chi connectivity index (χ3n) is 12.9. The van der Waals surface area contributed by atoms with Gasteiger partial charge in [0.25, 0.3) is 0 Å². The van der Waals surface area contributed by atoms with Gasteiger partial charge in [-0.25, -0.2) is 4.79 Å². The lowest BCUT2D eigenvalue weighted by atomic mass is 9.46. The van der Waals surface area contributed by atoms with Crippen molar-refractivity contribution in [3.05, 3.63) is 47.5 Å². The number of allylic oxidation sites excluding steroid dienone is 1. The fraction of sp³-hybridized carbons (Fsp3) is 0.735. The van der Waals surface area contributed by atoms with E-state index in [1.54, 1.807) is 0 Å². The molecular formula is C34H47NO3. The average molecular weight is 518 g/mol. The Morgan fingerprint density at radius 2 is 1.87 bits per heavy atom. The largest absolute Gasteiger partial charge is 0.461 e. The first-order valence-corrected chi connectivity index (χ1v) is 15.7. The van der Waals surface area contributed by atoms with Gasteiger partial charge in [0.2, 0.25) is 0 Å². The molecule has 38 heavy (non-hydrogen) atoms. The number of hydrogen-bond donors (Lipinski definition) is 1. The number of fused-ring (bicyclic) bond motifs is 9. The Balaban J connectivity index is 1.23. The molecule has 0 amide bonds. The molecule has 2 heterocycles. The summed E-state index contributed by atoms with van der Waals surface area (Å²) in [7, 11) is 0. The lowest BCUT2D eigenvalue weighted by Gasteiger charge is -2.58. The number of hydrogen-bond acceptors (Lipinski definition) is 4. The van der Waals surface area contributed by atoms with Crippen LogP contribution in [0.1, 0.15) is 88.9 Å². The van der Waals surface area contributed by atoms with E-state index in [2.05, 4.69) is 31.7 Å². The van der Waals surface area contributed by atoms with Gasteiger partial charge in [-0.2, -0.15) is 0 Å². The van der Waals surface area contributed by atoms with Crippen molar-refractivity contribution in [1.82, 2.24) is 4.90 Å². The highest BCUT2D eigenvalue weighted by Gasteiger charge is 2.68. The second kappa shape index (κ2) is 9.20. The van der Waals surface area contributed by atoms with Crippen LogP contribution in [-0.2, 0) is 4.74 Å². The monoisotopic (exact) mass is 517 g/mol. The van der Waals surface area contributed by atoms with Crippen molar-refractivity contribution in [3.8, 4) is 0 Å². The van der Waals surface area contributed by atoms with Crippen molar-refractivity contribution >= 4 is 5.97 Å². The number of carbonyl (C=O) groups is 1. The first-order chi connectivity index (χ1) is 18.3. The number of aliphatic hydroxyl groups is 1. The molecular weight excluding hydrogens is 470 g/mol. The van der Waals surface area contributed by atoms with Crippen LogP contribution in [0.15, 0.2) is 42.0 Å². The summed E-state index contributed by atoms with van der Waals surface area (Å²) >= 11 is 0. The van der Waals surface area contributed by atoms with Gasteiger partial charge in [0.1, 0.15) is 0 Å². The van der Waals surface area contributed by atoms with Crippen LogP contribution in [0.4, 0.5) is 0 Å². The maximum atomic E-state index is 13.2. The van der Waals surface area contributed by atoms with Gasteiger partial charge in [-0.05, 0) is 111 Å².